The molecule has 3 aromatic rings. The SMILES string of the molecule is CC1N=CC=C(c2ccc3ncsc3c2)N1C1CC(C)(C)Oc2ccccc21. The van der Waals surface area contributed by atoms with E-state index in [9.17, 15) is 0 Å². The molecule has 2 aromatic carbocycles. The van der Waals surface area contributed by atoms with Gasteiger partial charge in [0.25, 0.3) is 0 Å². The van der Waals surface area contributed by atoms with Gasteiger partial charge in [-0.25, -0.2) is 4.98 Å². The molecular weight excluding hydrogens is 366 g/mol. The molecule has 2 aliphatic heterocycles. The predicted octanol–water partition coefficient (Wildman–Crippen LogP) is 5.67. The van der Waals surface area contributed by atoms with Gasteiger partial charge in [-0.1, -0.05) is 24.3 Å². The van der Waals surface area contributed by atoms with Gasteiger partial charge in [0.2, 0.25) is 0 Å². The zero-order valence-corrected chi connectivity index (χ0v) is 17.1. The molecule has 2 aliphatic rings. The number of fused-ring (bicyclic) bond motifs is 2. The van der Waals surface area contributed by atoms with Gasteiger partial charge >= 0.3 is 0 Å². The summed E-state index contributed by atoms with van der Waals surface area (Å²) in [5, 5.41) is 0. The molecule has 0 saturated carbocycles. The molecular formula is C23H23N3OS. The van der Waals surface area contributed by atoms with Crippen molar-refractivity contribution in [1.29, 1.82) is 0 Å². The fourth-order valence-electron chi connectivity index (χ4n) is 4.30. The van der Waals surface area contributed by atoms with Gasteiger partial charge in [-0.05, 0) is 50.6 Å². The summed E-state index contributed by atoms with van der Waals surface area (Å²) in [5.74, 6) is 0.975. The van der Waals surface area contributed by atoms with Crippen LogP contribution < -0.4 is 4.74 Å². The molecule has 0 N–H and O–H groups in total. The van der Waals surface area contributed by atoms with E-state index in [-0.39, 0.29) is 17.8 Å². The molecule has 0 fully saturated rings. The van der Waals surface area contributed by atoms with Crippen LogP contribution in [-0.2, 0) is 0 Å². The lowest BCUT2D eigenvalue weighted by atomic mass is 9.87. The quantitative estimate of drug-likeness (QED) is 0.566. The Morgan fingerprint density at radius 2 is 2.04 bits per heavy atom. The molecule has 0 aliphatic carbocycles. The summed E-state index contributed by atoms with van der Waals surface area (Å²) in [6.07, 6.45) is 5.03. The lowest BCUT2D eigenvalue weighted by Crippen LogP contribution is -2.44. The summed E-state index contributed by atoms with van der Waals surface area (Å²) in [7, 11) is 0. The maximum absolute atomic E-state index is 6.27. The van der Waals surface area contributed by atoms with E-state index in [1.807, 2.05) is 17.8 Å². The Morgan fingerprint density at radius 1 is 1.18 bits per heavy atom. The topological polar surface area (TPSA) is 37.7 Å². The van der Waals surface area contributed by atoms with Crippen LogP contribution in [0.15, 0.2) is 59.0 Å². The molecule has 2 unspecified atom stereocenters. The summed E-state index contributed by atoms with van der Waals surface area (Å²) in [4.78, 5) is 11.6. The van der Waals surface area contributed by atoms with E-state index in [1.165, 1.54) is 21.5 Å². The highest BCUT2D eigenvalue weighted by Crippen LogP contribution is 2.46. The predicted molar refractivity (Wildman–Crippen MR) is 116 cm³/mol. The lowest BCUT2D eigenvalue weighted by molar-refractivity contribution is 0.0382. The second-order valence-corrected chi connectivity index (χ2v) is 8.93. The molecule has 0 amide bonds. The average molecular weight is 390 g/mol. The summed E-state index contributed by atoms with van der Waals surface area (Å²) in [5.41, 5.74) is 6.37. The van der Waals surface area contributed by atoms with Crippen LogP contribution in [0.25, 0.3) is 15.9 Å². The van der Waals surface area contributed by atoms with Crippen LogP contribution in [0.5, 0.6) is 5.75 Å². The Hall–Kier alpha value is -2.66. The Kier molecular flexibility index (Phi) is 4.02. The first kappa shape index (κ1) is 17.4. The minimum absolute atomic E-state index is 0.0594. The maximum Gasteiger partial charge on any atom is 0.125 e. The number of aliphatic imine (C=N–C) groups is 1. The van der Waals surface area contributed by atoms with Crippen molar-refractivity contribution in [2.45, 2.75) is 45.0 Å². The van der Waals surface area contributed by atoms with Crippen molar-refractivity contribution in [3.8, 4) is 5.75 Å². The number of rotatable bonds is 2. The largest absolute Gasteiger partial charge is 0.487 e. The number of thiazole rings is 1. The molecule has 2 atom stereocenters. The van der Waals surface area contributed by atoms with Crippen LogP contribution >= 0.6 is 11.3 Å². The Morgan fingerprint density at radius 3 is 2.93 bits per heavy atom. The van der Waals surface area contributed by atoms with Crippen LogP contribution in [-0.4, -0.2) is 27.9 Å². The van der Waals surface area contributed by atoms with Crippen molar-refractivity contribution in [2.24, 2.45) is 4.99 Å². The normalized spacial score (nSPS) is 23.2. The number of nitrogens with zero attached hydrogens (tertiary/aromatic N) is 3. The minimum Gasteiger partial charge on any atom is -0.487 e. The van der Waals surface area contributed by atoms with Gasteiger partial charge in [0, 0.05) is 23.9 Å². The number of para-hydroxylation sites is 1. The number of benzene rings is 2. The third-order valence-corrected chi connectivity index (χ3v) is 6.32. The van der Waals surface area contributed by atoms with Crippen molar-refractivity contribution in [3.05, 3.63) is 65.2 Å². The number of hydrogen-bond acceptors (Lipinski definition) is 5. The van der Waals surface area contributed by atoms with E-state index in [2.05, 4.69) is 73.1 Å². The van der Waals surface area contributed by atoms with Gasteiger partial charge in [0.05, 0.1) is 21.8 Å². The molecule has 4 nitrogen and oxygen atoms in total. The Balaban J connectivity index is 1.62. The van der Waals surface area contributed by atoms with E-state index in [0.717, 1.165) is 17.7 Å². The molecule has 28 heavy (non-hydrogen) atoms. The van der Waals surface area contributed by atoms with Crippen LogP contribution in [0.1, 0.15) is 44.4 Å². The van der Waals surface area contributed by atoms with Crippen LogP contribution in [0, 0.1) is 0 Å². The molecule has 142 valence electrons. The van der Waals surface area contributed by atoms with Crippen LogP contribution in [0.4, 0.5) is 0 Å². The van der Waals surface area contributed by atoms with Crippen molar-refractivity contribution in [3.63, 3.8) is 0 Å². The van der Waals surface area contributed by atoms with Gasteiger partial charge in [0.1, 0.15) is 17.5 Å². The summed E-state index contributed by atoms with van der Waals surface area (Å²) in [6.45, 7) is 6.50. The highest BCUT2D eigenvalue weighted by Gasteiger charge is 2.39. The Bertz CT molecular complexity index is 1100. The first-order valence-electron chi connectivity index (χ1n) is 9.65. The van der Waals surface area contributed by atoms with Crippen molar-refractivity contribution in [2.75, 3.05) is 0 Å². The number of aromatic nitrogens is 1. The standard InChI is InChI=1S/C23H23N3OS/c1-15-24-11-10-19(16-8-9-18-22(12-16)28-14-25-18)26(15)20-13-23(2,3)27-21-7-5-4-6-17(20)21/h4-12,14-15,20H,13H2,1-3H3. The molecule has 0 saturated heterocycles. The van der Waals surface area contributed by atoms with Crippen LogP contribution in [0.2, 0.25) is 0 Å². The van der Waals surface area contributed by atoms with Gasteiger partial charge in [-0.15, -0.1) is 11.3 Å². The molecule has 0 bridgehead atoms. The molecule has 5 rings (SSSR count). The summed E-state index contributed by atoms with van der Waals surface area (Å²) in [6, 6.07) is 15.1. The highest BCUT2D eigenvalue weighted by atomic mass is 32.1. The smallest absolute Gasteiger partial charge is 0.125 e. The first-order valence-corrected chi connectivity index (χ1v) is 10.5. The summed E-state index contributed by atoms with van der Waals surface area (Å²) >= 11 is 1.68. The maximum atomic E-state index is 6.27. The van der Waals surface area contributed by atoms with E-state index in [1.54, 1.807) is 11.3 Å². The Labute approximate surface area is 169 Å². The van der Waals surface area contributed by atoms with Crippen molar-refractivity contribution in [1.82, 2.24) is 9.88 Å². The molecule has 0 spiro atoms. The van der Waals surface area contributed by atoms with E-state index in [0.29, 0.717) is 0 Å². The first-order chi connectivity index (χ1) is 13.5. The number of ether oxygens (including phenoxy) is 1. The van der Waals surface area contributed by atoms with Gasteiger partial charge in [0.15, 0.2) is 0 Å². The number of hydrogen-bond donors (Lipinski definition) is 0. The van der Waals surface area contributed by atoms with Gasteiger partial charge in [-0.2, -0.15) is 0 Å². The number of allylic oxidation sites excluding steroid dienone is 1. The van der Waals surface area contributed by atoms with Crippen molar-refractivity contribution >= 4 is 33.5 Å². The van der Waals surface area contributed by atoms with E-state index >= 15 is 0 Å². The zero-order chi connectivity index (χ0) is 19.3. The second-order valence-electron chi connectivity index (χ2n) is 8.04. The highest BCUT2D eigenvalue weighted by molar-refractivity contribution is 7.16. The van der Waals surface area contributed by atoms with Crippen molar-refractivity contribution < 1.29 is 4.74 Å². The monoisotopic (exact) mass is 389 g/mol. The molecule has 3 heterocycles. The third-order valence-electron chi connectivity index (χ3n) is 5.53. The van der Waals surface area contributed by atoms with E-state index < -0.39 is 0 Å². The third kappa shape index (κ3) is 2.90. The lowest BCUT2D eigenvalue weighted by Gasteiger charge is -2.46. The average Bonchev–Trinajstić information content (AvgIpc) is 3.14. The molecule has 5 heteroatoms. The summed E-state index contributed by atoms with van der Waals surface area (Å²) < 4.78 is 7.48. The molecule has 0 radical (unpaired) electrons. The fourth-order valence-corrected chi connectivity index (χ4v) is 5.01. The fraction of sp³-hybridized carbons (Fsp3) is 0.304. The molecule has 1 aromatic heterocycles. The van der Waals surface area contributed by atoms with E-state index in [4.69, 9.17) is 9.73 Å². The van der Waals surface area contributed by atoms with Crippen LogP contribution in [0.3, 0.4) is 0 Å². The zero-order valence-electron chi connectivity index (χ0n) is 16.3. The second kappa shape index (κ2) is 6.45. The van der Waals surface area contributed by atoms with Gasteiger partial charge < -0.3 is 9.64 Å². The van der Waals surface area contributed by atoms with Gasteiger partial charge in [-0.3, -0.25) is 4.99 Å². The minimum atomic E-state index is -0.230.